The second-order valence-electron chi connectivity index (χ2n) is 7.65. The average Bonchev–Trinajstić information content (AvgIpc) is 2.80. The summed E-state index contributed by atoms with van der Waals surface area (Å²) in [5.41, 5.74) is 4.55. The molecule has 0 fully saturated rings. The van der Waals surface area contributed by atoms with E-state index in [9.17, 15) is 5.11 Å². The molecule has 158 valence electrons. The average molecular weight is 414 g/mol. The monoisotopic (exact) mass is 413 g/mol. The summed E-state index contributed by atoms with van der Waals surface area (Å²) in [6.07, 6.45) is 1.88. The first kappa shape index (κ1) is 20.7. The van der Waals surface area contributed by atoms with Gasteiger partial charge in [-0.25, -0.2) is 9.97 Å². The molecular weight excluding hydrogens is 384 g/mol. The van der Waals surface area contributed by atoms with Crippen molar-refractivity contribution in [2.75, 3.05) is 23.3 Å². The summed E-state index contributed by atoms with van der Waals surface area (Å²) < 4.78 is 0. The van der Waals surface area contributed by atoms with E-state index in [0.717, 1.165) is 41.1 Å². The molecule has 0 spiro atoms. The van der Waals surface area contributed by atoms with Gasteiger partial charge in [-0.1, -0.05) is 30.3 Å². The van der Waals surface area contributed by atoms with Crippen LogP contribution in [-0.2, 0) is 0 Å². The van der Waals surface area contributed by atoms with E-state index in [2.05, 4.69) is 58.3 Å². The number of benzene rings is 2. The van der Waals surface area contributed by atoms with Gasteiger partial charge in [0, 0.05) is 47.1 Å². The molecule has 3 N–H and O–H groups in total. The number of aromatic nitrogens is 2. The van der Waals surface area contributed by atoms with Crippen LogP contribution in [0.1, 0.15) is 36.7 Å². The smallest absolute Gasteiger partial charge is 0.272 e. The highest BCUT2D eigenvalue weighted by molar-refractivity contribution is 5.86. The summed E-state index contributed by atoms with van der Waals surface area (Å²) in [6, 6.07) is 22.2. The van der Waals surface area contributed by atoms with Crippen molar-refractivity contribution < 1.29 is 10.1 Å². The number of fused-ring (bicyclic) bond motifs is 1. The van der Waals surface area contributed by atoms with Crippen molar-refractivity contribution in [1.82, 2.24) is 4.98 Å². The van der Waals surface area contributed by atoms with Crippen LogP contribution in [0.15, 0.2) is 72.9 Å². The first-order valence-electron chi connectivity index (χ1n) is 10.8. The number of phenols is 1. The summed E-state index contributed by atoms with van der Waals surface area (Å²) in [4.78, 5) is 10.1. The number of nitrogens with one attached hydrogen (secondary N) is 2. The van der Waals surface area contributed by atoms with Gasteiger partial charge in [-0.3, -0.25) is 5.32 Å². The molecule has 0 aliphatic rings. The first-order valence-corrected chi connectivity index (χ1v) is 10.8. The van der Waals surface area contributed by atoms with Gasteiger partial charge < -0.3 is 10.0 Å². The van der Waals surface area contributed by atoms with Crippen molar-refractivity contribution in [2.45, 2.75) is 26.8 Å². The quantitative estimate of drug-likeness (QED) is 0.442. The molecule has 31 heavy (non-hydrogen) atoms. The van der Waals surface area contributed by atoms with Gasteiger partial charge in [-0.05, 0) is 51.1 Å². The molecule has 4 rings (SSSR count). The Hall–Kier alpha value is -3.60. The van der Waals surface area contributed by atoms with Gasteiger partial charge in [0.15, 0.2) is 0 Å². The minimum Gasteiger partial charge on any atom is -0.505 e. The molecule has 0 saturated heterocycles. The maximum Gasteiger partial charge on any atom is 0.272 e. The second kappa shape index (κ2) is 9.04. The number of phenolic OH excluding ortho intramolecular Hbond substituents is 1. The fourth-order valence-electron chi connectivity index (χ4n) is 3.97. The van der Waals surface area contributed by atoms with Crippen molar-refractivity contribution in [3.05, 3.63) is 89.7 Å². The Kier molecular flexibility index (Phi) is 6.03. The van der Waals surface area contributed by atoms with E-state index in [1.54, 1.807) is 0 Å². The molecule has 0 aliphatic carbocycles. The Bertz CT molecular complexity index is 1160. The summed E-state index contributed by atoms with van der Waals surface area (Å²) in [7, 11) is 0. The van der Waals surface area contributed by atoms with E-state index in [1.165, 1.54) is 5.69 Å². The van der Waals surface area contributed by atoms with Crippen LogP contribution >= 0.6 is 0 Å². The zero-order chi connectivity index (χ0) is 21.8. The van der Waals surface area contributed by atoms with Crippen LogP contribution in [-0.4, -0.2) is 23.2 Å². The third-order valence-corrected chi connectivity index (χ3v) is 5.68. The number of pyridine rings is 2. The maximum atomic E-state index is 11.2. The summed E-state index contributed by atoms with van der Waals surface area (Å²) in [5, 5.41) is 15.7. The highest BCUT2D eigenvalue weighted by Crippen LogP contribution is 2.36. The lowest BCUT2D eigenvalue weighted by atomic mass is 9.95. The molecule has 2 aromatic heterocycles. The first-order chi connectivity index (χ1) is 15.1. The normalized spacial score (nSPS) is 12.0. The fourth-order valence-corrected chi connectivity index (χ4v) is 3.97. The lowest BCUT2D eigenvalue weighted by Crippen LogP contribution is -2.22. The topological polar surface area (TPSA) is 62.5 Å². The summed E-state index contributed by atoms with van der Waals surface area (Å²) in [5.74, 6) is 1.08. The highest BCUT2D eigenvalue weighted by Gasteiger charge is 2.24. The van der Waals surface area contributed by atoms with E-state index in [1.807, 2.05) is 55.6 Å². The standard InChI is InChI=1S/C26H28N4O/c1-4-30(5-2)21-14-11-19(12-15-21)24(29-23-8-6-7-17-27-23)22-16-13-20-10-9-18(3)28-25(20)26(22)31/h6-17,24,31H,4-5H2,1-3H3,(H,27,29)/p+1/t24-/m0/s1. The van der Waals surface area contributed by atoms with Gasteiger partial charge in [-0.15, -0.1) is 0 Å². The molecule has 0 bridgehead atoms. The van der Waals surface area contributed by atoms with Gasteiger partial charge in [0.1, 0.15) is 17.3 Å². The van der Waals surface area contributed by atoms with Crippen molar-refractivity contribution >= 4 is 22.4 Å². The molecule has 5 nitrogen and oxygen atoms in total. The van der Waals surface area contributed by atoms with Crippen molar-refractivity contribution in [2.24, 2.45) is 0 Å². The van der Waals surface area contributed by atoms with Crippen LogP contribution in [0.5, 0.6) is 5.75 Å². The largest absolute Gasteiger partial charge is 0.505 e. The zero-order valence-corrected chi connectivity index (χ0v) is 18.3. The number of H-pyrrole nitrogens is 1. The zero-order valence-electron chi connectivity index (χ0n) is 18.3. The molecule has 0 saturated carbocycles. The number of aryl methyl sites for hydroxylation is 1. The summed E-state index contributed by atoms with van der Waals surface area (Å²) >= 11 is 0. The van der Waals surface area contributed by atoms with Gasteiger partial charge in [0.2, 0.25) is 0 Å². The molecule has 0 amide bonds. The number of aromatic amines is 1. The van der Waals surface area contributed by atoms with Crippen LogP contribution < -0.4 is 15.2 Å². The van der Waals surface area contributed by atoms with Crippen molar-refractivity contribution in [1.29, 1.82) is 0 Å². The van der Waals surface area contributed by atoms with E-state index in [-0.39, 0.29) is 11.8 Å². The fraction of sp³-hybridized carbons (Fsp3) is 0.231. The van der Waals surface area contributed by atoms with Gasteiger partial charge >= 0.3 is 0 Å². The molecule has 0 aliphatic heterocycles. The molecule has 2 aromatic carbocycles. The lowest BCUT2D eigenvalue weighted by Gasteiger charge is -2.22. The molecular formula is C26H29N4O+. The van der Waals surface area contributed by atoms with E-state index >= 15 is 0 Å². The van der Waals surface area contributed by atoms with Crippen LogP contribution in [0, 0.1) is 6.92 Å². The molecule has 5 heteroatoms. The van der Waals surface area contributed by atoms with Crippen LogP contribution in [0.4, 0.5) is 11.5 Å². The highest BCUT2D eigenvalue weighted by atomic mass is 16.3. The molecule has 0 unspecified atom stereocenters. The van der Waals surface area contributed by atoms with Gasteiger partial charge in [0.05, 0.1) is 6.20 Å². The Morgan fingerprint density at radius 1 is 0.968 bits per heavy atom. The van der Waals surface area contributed by atoms with E-state index in [0.29, 0.717) is 5.52 Å². The molecule has 0 radical (unpaired) electrons. The summed E-state index contributed by atoms with van der Waals surface area (Å²) in [6.45, 7) is 8.19. The number of rotatable bonds is 7. The maximum absolute atomic E-state index is 11.2. The number of aromatic hydroxyl groups is 1. The molecule has 4 aromatic rings. The predicted octanol–water partition coefficient (Wildman–Crippen LogP) is 5.11. The Morgan fingerprint density at radius 2 is 1.71 bits per heavy atom. The van der Waals surface area contributed by atoms with Crippen molar-refractivity contribution in [3.63, 3.8) is 0 Å². The Balaban J connectivity index is 1.80. The van der Waals surface area contributed by atoms with Crippen LogP contribution in [0.25, 0.3) is 10.9 Å². The molecule has 1 atom stereocenters. The van der Waals surface area contributed by atoms with Crippen LogP contribution in [0.2, 0.25) is 0 Å². The third-order valence-electron chi connectivity index (χ3n) is 5.68. The van der Waals surface area contributed by atoms with Gasteiger partial charge in [-0.2, -0.15) is 0 Å². The number of hydrogen-bond acceptors (Lipinski definition) is 4. The number of nitrogens with zero attached hydrogens (tertiary/aromatic N) is 2. The van der Waals surface area contributed by atoms with Crippen LogP contribution in [0.3, 0.4) is 0 Å². The number of hydrogen-bond donors (Lipinski definition) is 2. The second-order valence-corrected chi connectivity index (χ2v) is 7.65. The minimum atomic E-state index is -0.240. The third kappa shape index (κ3) is 4.31. The van der Waals surface area contributed by atoms with Crippen molar-refractivity contribution in [3.8, 4) is 5.75 Å². The van der Waals surface area contributed by atoms with Gasteiger partial charge in [0.25, 0.3) is 5.82 Å². The lowest BCUT2D eigenvalue weighted by molar-refractivity contribution is -0.361. The van der Waals surface area contributed by atoms with E-state index in [4.69, 9.17) is 0 Å². The Morgan fingerprint density at radius 3 is 2.39 bits per heavy atom. The minimum absolute atomic E-state index is 0.211. The van der Waals surface area contributed by atoms with E-state index < -0.39 is 0 Å². The Labute approximate surface area is 183 Å². The predicted molar refractivity (Wildman–Crippen MR) is 127 cm³/mol. The molecule has 2 heterocycles. The SMILES string of the molecule is CCN(CC)c1ccc([C@H](Nc2cccc[nH+]2)c2ccc3ccc(C)nc3c2O)cc1. The number of anilines is 2.